The molecule has 0 bridgehead atoms. The molecule has 2 rings (SSSR count). The SMILES string of the molecule is CCc1ncsc1C(=O)NS(=O)(=O)c1ccc(C(N)=O)cc1. The lowest BCUT2D eigenvalue weighted by Crippen LogP contribution is -2.30. The number of sulfonamides is 1. The van der Waals surface area contributed by atoms with Gasteiger partial charge in [-0.05, 0) is 30.7 Å². The largest absolute Gasteiger partial charge is 0.366 e. The zero-order valence-corrected chi connectivity index (χ0v) is 13.2. The Balaban J connectivity index is 2.24. The van der Waals surface area contributed by atoms with Crippen LogP contribution in [-0.2, 0) is 16.4 Å². The Morgan fingerprint density at radius 1 is 1.27 bits per heavy atom. The summed E-state index contributed by atoms with van der Waals surface area (Å²) in [6.07, 6.45) is 0.527. The molecule has 0 saturated heterocycles. The number of aryl methyl sites for hydroxylation is 1. The second kappa shape index (κ2) is 6.24. The lowest BCUT2D eigenvalue weighted by molar-refractivity contribution is 0.0980. The highest BCUT2D eigenvalue weighted by atomic mass is 32.2. The van der Waals surface area contributed by atoms with E-state index < -0.39 is 21.8 Å². The maximum absolute atomic E-state index is 12.2. The maximum atomic E-state index is 12.2. The number of carbonyl (C=O) groups excluding carboxylic acids is 2. The molecule has 116 valence electrons. The summed E-state index contributed by atoms with van der Waals surface area (Å²) in [6, 6.07) is 4.99. The Kier molecular flexibility index (Phi) is 4.57. The number of thiazole rings is 1. The summed E-state index contributed by atoms with van der Waals surface area (Å²) in [5.74, 6) is -1.39. The van der Waals surface area contributed by atoms with Gasteiger partial charge in [0, 0.05) is 5.56 Å². The van der Waals surface area contributed by atoms with E-state index in [0.29, 0.717) is 12.1 Å². The van der Waals surface area contributed by atoms with Gasteiger partial charge in [0.25, 0.3) is 15.9 Å². The minimum absolute atomic E-state index is 0.131. The van der Waals surface area contributed by atoms with Crippen molar-refractivity contribution in [3.8, 4) is 0 Å². The molecule has 22 heavy (non-hydrogen) atoms. The van der Waals surface area contributed by atoms with Gasteiger partial charge in [-0.3, -0.25) is 9.59 Å². The number of aromatic nitrogens is 1. The molecular formula is C13H13N3O4S2. The number of primary amides is 1. The molecule has 0 aliphatic carbocycles. The summed E-state index contributed by atoms with van der Waals surface area (Å²) in [4.78, 5) is 27.2. The predicted molar refractivity (Wildman–Crippen MR) is 81.1 cm³/mol. The van der Waals surface area contributed by atoms with Crippen molar-refractivity contribution in [2.45, 2.75) is 18.2 Å². The van der Waals surface area contributed by atoms with Crippen LogP contribution in [0.1, 0.15) is 32.6 Å². The number of hydrogen-bond acceptors (Lipinski definition) is 6. The molecule has 1 aromatic heterocycles. The first kappa shape index (κ1) is 16.1. The van der Waals surface area contributed by atoms with Crippen LogP contribution in [0.4, 0.5) is 0 Å². The molecule has 1 aromatic carbocycles. The van der Waals surface area contributed by atoms with E-state index in [1.54, 1.807) is 0 Å². The molecule has 2 amide bonds. The Morgan fingerprint density at radius 3 is 2.45 bits per heavy atom. The molecule has 1 heterocycles. The first-order valence-corrected chi connectivity index (χ1v) is 8.60. The van der Waals surface area contributed by atoms with Crippen molar-refractivity contribution < 1.29 is 18.0 Å². The minimum Gasteiger partial charge on any atom is -0.366 e. The van der Waals surface area contributed by atoms with E-state index in [1.807, 2.05) is 11.6 Å². The average molecular weight is 339 g/mol. The number of nitrogens with one attached hydrogen (secondary N) is 1. The van der Waals surface area contributed by atoms with Gasteiger partial charge >= 0.3 is 0 Å². The van der Waals surface area contributed by atoms with E-state index >= 15 is 0 Å². The molecule has 0 fully saturated rings. The van der Waals surface area contributed by atoms with Crippen molar-refractivity contribution in [2.24, 2.45) is 5.73 Å². The third-order valence-corrected chi connectivity index (χ3v) is 5.07. The van der Waals surface area contributed by atoms with Crippen molar-refractivity contribution in [3.05, 3.63) is 45.9 Å². The van der Waals surface area contributed by atoms with Crippen LogP contribution in [0, 0.1) is 0 Å². The van der Waals surface area contributed by atoms with Crippen LogP contribution < -0.4 is 10.5 Å². The fourth-order valence-electron chi connectivity index (χ4n) is 1.73. The number of benzene rings is 1. The predicted octanol–water partition coefficient (Wildman–Crippen LogP) is 0.923. The number of nitrogens with zero attached hydrogens (tertiary/aromatic N) is 1. The maximum Gasteiger partial charge on any atom is 0.276 e. The topological polar surface area (TPSA) is 119 Å². The van der Waals surface area contributed by atoms with Crippen molar-refractivity contribution in [1.29, 1.82) is 0 Å². The third-order valence-electron chi connectivity index (χ3n) is 2.86. The summed E-state index contributed by atoms with van der Waals surface area (Å²) in [5.41, 5.74) is 7.30. The molecule has 2 aromatic rings. The first-order valence-electron chi connectivity index (χ1n) is 6.24. The normalized spacial score (nSPS) is 11.1. The smallest absolute Gasteiger partial charge is 0.276 e. The molecular weight excluding hydrogens is 326 g/mol. The zero-order valence-electron chi connectivity index (χ0n) is 11.6. The molecule has 3 N–H and O–H groups in total. The van der Waals surface area contributed by atoms with Gasteiger partial charge < -0.3 is 5.73 Å². The molecule has 9 heteroatoms. The van der Waals surface area contributed by atoms with Gasteiger partial charge in [-0.15, -0.1) is 11.3 Å². The lowest BCUT2D eigenvalue weighted by atomic mass is 10.2. The van der Waals surface area contributed by atoms with Crippen LogP contribution >= 0.6 is 11.3 Å². The Morgan fingerprint density at radius 2 is 1.91 bits per heavy atom. The van der Waals surface area contributed by atoms with Crippen molar-refractivity contribution in [3.63, 3.8) is 0 Å². The summed E-state index contributed by atoms with van der Waals surface area (Å²) in [5, 5.41) is 0. The molecule has 0 saturated carbocycles. The summed E-state index contributed by atoms with van der Waals surface area (Å²) in [6.45, 7) is 1.82. The van der Waals surface area contributed by atoms with E-state index in [0.717, 1.165) is 11.3 Å². The van der Waals surface area contributed by atoms with Gasteiger partial charge in [-0.1, -0.05) is 6.92 Å². The third kappa shape index (κ3) is 3.31. The van der Waals surface area contributed by atoms with Crippen LogP contribution in [0.15, 0.2) is 34.7 Å². The standard InChI is InChI=1S/C13H13N3O4S2/c1-2-10-11(21-7-15-10)13(18)16-22(19,20)9-5-3-8(4-6-9)12(14)17/h3-7H,2H2,1H3,(H2,14,17)(H,16,18). The highest BCUT2D eigenvalue weighted by Crippen LogP contribution is 2.16. The first-order chi connectivity index (χ1) is 10.3. The van der Waals surface area contributed by atoms with Gasteiger partial charge in [0.15, 0.2) is 0 Å². The average Bonchev–Trinajstić information content (AvgIpc) is 2.95. The Labute approximate surface area is 131 Å². The second-order valence-electron chi connectivity index (χ2n) is 4.30. The van der Waals surface area contributed by atoms with Crippen LogP contribution in [0.25, 0.3) is 0 Å². The highest BCUT2D eigenvalue weighted by molar-refractivity contribution is 7.90. The number of hydrogen-bond donors (Lipinski definition) is 2. The van der Waals surface area contributed by atoms with E-state index in [-0.39, 0.29) is 15.3 Å². The molecule has 0 aliphatic rings. The molecule has 0 atom stereocenters. The van der Waals surface area contributed by atoms with E-state index in [4.69, 9.17) is 5.73 Å². The molecule has 0 aliphatic heterocycles. The van der Waals surface area contributed by atoms with Gasteiger partial charge in [-0.25, -0.2) is 18.1 Å². The fraction of sp³-hybridized carbons (Fsp3) is 0.154. The lowest BCUT2D eigenvalue weighted by Gasteiger charge is -2.07. The summed E-state index contributed by atoms with van der Waals surface area (Å²) >= 11 is 1.08. The van der Waals surface area contributed by atoms with Crippen molar-refractivity contribution in [2.75, 3.05) is 0 Å². The Hall–Kier alpha value is -2.26. The van der Waals surface area contributed by atoms with Crippen molar-refractivity contribution >= 4 is 33.2 Å². The fourth-order valence-corrected chi connectivity index (χ4v) is 3.53. The van der Waals surface area contributed by atoms with Gasteiger partial charge in [0.2, 0.25) is 5.91 Å². The highest BCUT2D eigenvalue weighted by Gasteiger charge is 2.22. The van der Waals surface area contributed by atoms with E-state index in [1.165, 1.54) is 29.8 Å². The summed E-state index contributed by atoms with van der Waals surface area (Å²) < 4.78 is 26.3. The molecule has 0 unspecified atom stereocenters. The second-order valence-corrected chi connectivity index (χ2v) is 6.84. The van der Waals surface area contributed by atoms with Gasteiger partial charge in [0.05, 0.1) is 16.1 Å². The monoisotopic (exact) mass is 339 g/mol. The van der Waals surface area contributed by atoms with Gasteiger partial charge in [-0.2, -0.15) is 0 Å². The van der Waals surface area contributed by atoms with Crippen LogP contribution in [0.3, 0.4) is 0 Å². The number of carbonyl (C=O) groups is 2. The zero-order chi connectivity index (χ0) is 16.3. The quantitative estimate of drug-likeness (QED) is 0.839. The summed E-state index contributed by atoms with van der Waals surface area (Å²) in [7, 11) is -4.03. The van der Waals surface area contributed by atoms with Crippen molar-refractivity contribution in [1.82, 2.24) is 9.71 Å². The molecule has 7 nitrogen and oxygen atoms in total. The Bertz CT molecular complexity index is 810. The molecule has 0 radical (unpaired) electrons. The number of nitrogens with two attached hydrogens (primary N) is 1. The van der Waals surface area contributed by atoms with Gasteiger partial charge in [0.1, 0.15) is 4.88 Å². The number of rotatable bonds is 5. The molecule has 0 spiro atoms. The van der Waals surface area contributed by atoms with Crippen LogP contribution in [0.5, 0.6) is 0 Å². The van der Waals surface area contributed by atoms with Crippen LogP contribution in [0.2, 0.25) is 0 Å². The van der Waals surface area contributed by atoms with Crippen LogP contribution in [-0.4, -0.2) is 25.2 Å². The van der Waals surface area contributed by atoms with E-state index in [2.05, 4.69) is 4.98 Å². The van der Waals surface area contributed by atoms with E-state index in [9.17, 15) is 18.0 Å². The minimum atomic E-state index is -4.03. The number of amides is 2.